The van der Waals surface area contributed by atoms with Crippen molar-refractivity contribution in [3.8, 4) is 0 Å². The third kappa shape index (κ3) is 5.17. The number of unbranched alkanes of at least 4 members (excludes halogenated alkanes) is 3. The number of aliphatic hydroxyl groups is 1. The summed E-state index contributed by atoms with van der Waals surface area (Å²) >= 11 is 0. The van der Waals surface area contributed by atoms with E-state index < -0.39 is 17.4 Å². The average molecular weight is 246 g/mol. The number of rotatable bonds is 9. The first-order valence-corrected chi connectivity index (χ1v) is 6.00. The Balaban J connectivity index is 4.22. The molecule has 0 saturated heterocycles. The van der Waals surface area contributed by atoms with Crippen molar-refractivity contribution in [1.82, 2.24) is 0 Å². The first kappa shape index (κ1) is 15.9. The van der Waals surface area contributed by atoms with Crippen molar-refractivity contribution in [2.45, 2.75) is 46.0 Å². The van der Waals surface area contributed by atoms with Crippen LogP contribution in [0, 0.1) is 5.41 Å². The molecule has 0 amide bonds. The van der Waals surface area contributed by atoms with Gasteiger partial charge in [-0.1, -0.05) is 19.3 Å². The molecule has 5 nitrogen and oxygen atoms in total. The van der Waals surface area contributed by atoms with E-state index in [1.165, 1.54) is 6.92 Å². The van der Waals surface area contributed by atoms with Gasteiger partial charge in [-0.25, -0.2) is 0 Å². The van der Waals surface area contributed by atoms with Crippen LogP contribution in [-0.2, 0) is 14.3 Å². The molecule has 2 N–H and O–H groups in total. The molecule has 0 aromatic carbocycles. The quantitative estimate of drug-likeness (QED) is 0.366. The van der Waals surface area contributed by atoms with Crippen molar-refractivity contribution in [2.24, 2.45) is 5.41 Å². The number of aliphatic carboxylic acids is 1. The Morgan fingerprint density at radius 1 is 1.18 bits per heavy atom. The van der Waals surface area contributed by atoms with E-state index in [1.54, 1.807) is 6.92 Å². The lowest BCUT2D eigenvalue weighted by atomic mass is 9.84. The summed E-state index contributed by atoms with van der Waals surface area (Å²) in [5, 5.41) is 17.7. The fraction of sp³-hybridized carbons (Fsp3) is 0.833. The third-order valence-corrected chi connectivity index (χ3v) is 2.78. The summed E-state index contributed by atoms with van der Waals surface area (Å²) in [5.74, 6) is -1.81. The van der Waals surface area contributed by atoms with Crippen molar-refractivity contribution in [3.05, 3.63) is 0 Å². The molecule has 0 rings (SSSR count). The molecular formula is C12H22O5. The molecule has 0 aromatic heterocycles. The van der Waals surface area contributed by atoms with Crippen molar-refractivity contribution >= 4 is 11.9 Å². The maximum atomic E-state index is 11.6. The predicted octanol–water partition coefficient (Wildman–Crippen LogP) is 1.58. The molecule has 0 fully saturated rings. The molecule has 0 spiro atoms. The molecule has 0 heterocycles. The van der Waals surface area contributed by atoms with E-state index in [-0.39, 0.29) is 19.6 Å². The summed E-state index contributed by atoms with van der Waals surface area (Å²) < 4.78 is 4.79. The highest BCUT2D eigenvalue weighted by Crippen LogP contribution is 2.27. The van der Waals surface area contributed by atoms with E-state index in [4.69, 9.17) is 14.9 Å². The van der Waals surface area contributed by atoms with Gasteiger partial charge in [0.2, 0.25) is 0 Å². The standard InChI is InChI=1S/C12H22O5/c1-3-17-11(16)12(2,10(14)15)8-6-4-5-7-9-13/h13H,3-9H2,1-2H3,(H,14,15). The second kappa shape index (κ2) is 8.06. The molecule has 0 aliphatic heterocycles. The van der Waals surface area contributed by atoms with Gasteiger partial charge in [-0.2, -0.15) is 0 Å². The Labute approximate surface area is 102 Å². The van der Waals surface area contributed by atoms with Gasteiger partial charge in [0.25, 0.3) is 0 Å². The number of esters is 1. The average Bonchev–Trinajstić information content (AvgIpc) is 2.28. The minimum atomic E-state index is -1.45. The number of carbonyl (C=O) groups is 2. The molecule has 0 aromatic rings. The Morgan fingerprint density at radius 3 is 2.24 bits per heavy atom. The van der Waals surface area contributed by atoms with Gasteiger partial charge in [0, 0.05) is 6.61 Å². The number of hydrogen-bond acceptors (Lipinski definition) is 4. The second-order valence-corrected chi connectivity index (χ2v) is 4.25. The molecule has 0 aliphatic rings. The molecule has 0 saturated carbocycles. The predicted molar refractivity (Wildman–Crippen MR) is 62.5 cm³/mol. The molecule has 17 heavy (non-hydrogen) atoms. The molecule has 0 radical (unpaired) electrons. The van der Waals surface area contributed by atoms with Crippen LogP contribution < -0.4 is 0 Å². The van der Waals surface area contributed by atoms with E-state index in [1.807, 2.05) is 0 Å². The Morgan fingerprint density at radius 2 is 1.76 bits per heavy atom. The van der Waals surface area contributed by atoms with Gasteiger partial charge in [0.15, 0.2) is 5.41 Å². The number of aliphatic hydroxyl groups excluding tert-OH is 1. The van der Waals surface area contributed by atoms with Gasteiger partial charge in [0.05, 0.1) is 6.61 Å². The Bertz CT molecular complexity index is 251. The largest absolute Gasteiger partial charge is 0.480 e. The highest BCUT2D eigenvalue weighted by atomic mass is 16.5. The van der Waals surface area contributed by atoms with Gasteiger partial charge in [-0.05, 0) is 26.7 Å². The van der Waals surface area contributed by atoms with Crippen molar-refractivity contribution < 1.29 is 24.5 Å². The zero-order chi connectivity index (χ0) is 13.3. The molecule has 0 aliphatic carbocycles. The van der Waals surface area contributed by atoms with Crippen molar-refractivity contribution in [3.63, 3.8) is 0 Å². The van der Waals surface area contributed by atoms with Crippen LogP contribution in [0.3, 0.4) is 0 Å². The maximum absolute atomic E-state index is 11.6. The number of carboxylic acid groups (broad SMARTS) is 1. The lowest BCUT2D eigenvalue weighted by Gasteiger charge is -2.22. The minimum absolute atomic E-state index is 0.147. The van der Waals surface area contributed by atoms with Crippen LogP contribution in [0.4, 0.5) is 0 Å². The number of carbonyl (C=O) groups excluding carboxylic acids is 1. The summed E-state index contributed by atoms with van der Waals surface area (Å²) in [7, 11) is 0. The van der Waals surface area contributed by atoms with Crippen LogP contribution in [0.5, 0.6) is 0 Å². The molecule has 1 atom stereocenters. The van der Waals surface area contributed by atoms with Gasteiger partial charge < -0.3 is 14.9 Å². The van der Waals surface area contributed by atoms with Crippen LogP contribution in [-0.4, -0.2) is 35.4 Å². The summed E-state index contributed by atoms with van der Waals surface area (Å²) in [6.45, 7) is 3.39. The normalized spacial score (nSPS) is 14.1. The second-order valence-electron chi connectivity index (χ2n) is 4.25. The van der Waals surface area contributed by atoms with Gasteiger partial charge in [0.1, 0.15) is 0 Å². The van der Waals surface area contributed by atoms with Crippen LogP contribution in [0.1, 0.15) is 46.0 Å². The zero-order valence-electron chi connectivity index (χ0n) is 10.6. The summed E-state index contributed by atoms with van der Waals surface area (Å²) in [5.41, 5.74) is -1.45. The van der Waals surface area contributed by atoms with Crippen molar-refractivity contribution in [1.29, 1.82) is 0 Å². The Hall–Kier alpha value is -1.10. The SMILES string of the molecule is CCOC(=O)C(C)(CCCCCCO)C(=O)O. The minimum Gasteiger partial charge on any atom is -0.480 e. The smallest absolute Gasteiger partial charge is 0.323 e. The highest BCUT2D eigenvalue weighted by Gasteiger charge is 2.42. The maximum Gasteiger partial charge on any atom is 0.323 e. The first-order chi connectivity index (χ1) is 7.99. The molecule has 100 valence electrons. The number of ether oxygens (including phenoxy) is 1. The summed E-state index contributed by atoms with van der Waals surface area (Å²) in [6.07, 6.45) is 3.27. The van der Waals surface area contributed by atoms with E-state index in [0.29, 0.717) is 12.8 Å². The first-order valence-electron chi connectivity index (χ1n) is 6.00. The molecule has 5 heteroatoms. The van der Waals surface area contributed by atoms with Crippen LogP contribution in [0.2, 0.25) is 0 Å². The third-order valence-electron chi connectivity index (χ3n) is 2.78. The monoisotopic (exact) mass is 246 g/mol. The van der Waals surface area contributed by atoms with E-state index in [2.05, 4.69) is 0 Å². The van der Waals surface area contributed by atoms with Gasteiger partial charge >= 0.3 is 11.9 Å². The Kier molecular flexibility index (Phi) is 7.54. The summed E-state index contributed by atoms with van der Waals surface area (Å²) in [6, 6.07) is 0. The number of hydrogen-bond donors (Lipinski definition) is 2. The number of carboxylic acids is 1. The summed E-state index contributed by atoms with van der Waals surface area (Å²) in [4.78, 5) is 22.7. The van der Waals surface area contributed by atoms with E-state index in [9.17, 15) is 9.59 Å². The van der Waals surface area contributed by atoms with Gasteiger partial charge in [-0.3, -0.25) is 9.59 Å². The lowest BCUT2D eigenvalue weighted by molar-refractivity contribution is -0.167. The van der Waals surface area contributed by atoms with Gasteiger partial charge in [-0.15, -0.1) is 0 Å². The topological polar surface area (TPSA) is 83.8 Å². The van der Waals surface area contributed by atoms with Crippen LogP contribution in [0.25, 0.3) is 0 Å². The molecule has 1 unspecified atom stereocenters. The van der Waals surface area contributed by atoms with E-state index in [0.717, 1.165) is 12.8 Å². The zero-order valence-corrected chi connectivity index (χ0v) is 10.6. The van der Waals surface area contributed by atoms with Crippen molar-refractivity contribution in [2.75, 3.05) is 13.2 Å². The fourth-order valence-corrected chi connectivity index (χ4v) is 1.53. The fourth-order valence-electron chi connectivity index (χ4n) is 1.53. The molecular weight excluding hydrogens is 224 g/mol. The van der Waals surface area contributed by atoms with Crippen LogP contribution in [0.15, 0.2) is 0 Å². The molecule has 0 bridgehead atoms. The highest BCUT2D eigenvalue weighted by molar-refractivity contribution is 5.98. The van der Waals surface area contributed by atoms with E-state index >= 15 is 0 Å². The lowest BCUT2D eigenvalue weighted by Crippen LogP contribution is -2.38. The van der Waals surface area contributed by atoms with Crippen LogP contribution >= 0.6 is 0 Å².